The van der Waals surface area contributed by atoms with Crippen molar-refractivity contribution in [1.82, 2.24) is 4.90 Å². The second-order valence-electron chi connectivity index (χ2n) is 3.26. The third-order valence-corrected chi connectivity index (χ3v) is 2.56. The van der Waals surface area contributed by atoms with Gasteiger partial charge in [0.1, 0.15) is 6.04 Å². The molecule has 0 spiro atoms. The predicted molar refractivity (Wildman–Crippen MR) is 51.0 cm³/mol. The van der Waals surface area contributed by atoms with Gasteiger partial charge in [-0.05, 0) is 12.1 Å². The van der Waals surface area contributed by atoms with E-state index >= 15 is 0 Å². The highest BCUT2D eigenvalue weighted by Gasteiger charge is 2.47. The Morgan fingerprint density at radius 3 is 2.54 bits per heavy atom. The van der Waals surface area contributed by atoms with Crippen molar-refractivity contribution in [3.8, 4) is 6.07 Å². The van der Waals surface area contributed by atoms with Gasteiger partial charge in [-0.3, -0.25) is 4.90 Å². The van der Waals surface area contributed by atoms with Gasteiger partial charge in [-0.1, -0.05) is 37.3 Å². The fourth-order valence-electron chi connectivity index (χ4n) is 1.84. The quantitative estimate of drug-likeness (QED) is 0.637. The monoisotopic (exact) mass is 172 g/mol. The van der Waals surface area contributed by atoms with Gasteiger partial charge in [-0.15, -0.1) is 0 Å². The van der Waals surface area contributed by atoms with Crippen molar-refractivity contribution in [3.63, 3.8) is 0 Å². The number of nitriles is 1. The fourth-order valence-corrected chi connectivity index (χ4v) is 1.84. The molecule has 66 valence electrons. The molecule has 1 saturated heterocycles. The SMILES string of the molecule is CCN1[C@H](C#N)[C@@H]1c1ccccc1. The summed E-state index contributed by atoms with van der Waals surface area (Å²) in [6.45, 7) is 3.05. The second-order valence-corrected chi connectivity index (χ2v) is 3.26. The van der Waals surface area contributed by atoms with E-state index in [-0.39, 0.29) is 6.04 Å². The summed E-state index contributed by atoms with van der Waals surface area (Å²) in [7, 11) is 0. The summed E-state index contributed by atoms with van der Waals surface area (Å²) in [6.07, 6.45) is 0. The predicted octanol–water partition coefficient (Wildman–Crippen LogP) is 1.96. The van der Waals surface area contributed by atoms with Gasteiger partial charge < -0.3 is 0 Å². The Morgan fingerprint density at radius 2 is 2.08 bits per heavy atom. The van der Waals surface area contributed by atoms with Gasteiger partial charge in [0, 0.05) is 0 Å². The van der Waals surface area contributed by atoms with E-state index in [1.165, 1.54) is 5.56 Å². The molecule has 13 heavy (non-hydrogen) atoms. The van der Waals surface area contributed by atoms with E-state index in [9.17, 15) is 0 Å². The summed E-state index contributed by atoms with van der Waals surface area (Å²) < 4.78 is 0. The normalized spacial score (nSPS) is 30.9. The number of rotatable bonds is 2. The van der Waals surface area contributed by atoms with E-state index in [4.69, 9.17) is 5.26 Å². The minimum Gasteiger partial charge on any atom is -0.277 e. The molecule has 1 unspecified atom stereocenters. The average molecular weight is 172 g/mol. The number of hydrogen-bond acceptors (Lipinski definition) is 2. The lowest BCUT2D eigenvalue weighted by atomic mass is 10.1. The molecule has 0 aromatic heterocycles. The molecule has 2 rings (SSSR count). The van der Waals surface area contributed by atoms with E-state index in [1.807, 2.05) is 18.2 Å². The maximum Gasteiger partial charge on any atom is 0.118 e. The minimum atomic E-state index is 0.104. The van der Waals surface area contributed by atoms with Crippen molar-refractivity contribution in [2.75, 3.05) is 6.54 Å². The zero-order chi connectivity index (χ0) is 9.26. The zero-order valence-corrected chi connectivity index (χ0v) is 7.64. The summed E-state index contributed by atoms with van der Waals surface area (Å²) in [5.41, 5.74) is 1.26. The molecule has 0 bridgehead atoms. The highest BCUT2D eigenvalue weighted by Crippen LogP contribution is 2.41. The molecule has 0 amide bonds. The van der Waals surface area contributed by atoms with Gasteiger partial charge in [0.25, 0.3) is 0 Å². The van der Waals surface area contributed by atoms with Crippen LogP contribution in [0.5, 0.6) is 0 Å². The molecule has 1 aliphatic heterocycles. The van der Waals surface area contributed by atoms with Crippen LogP contribution < -0.4 is 0 Å². The molecular formula is C11H12N2. The molecule has 2 nitrogen and oxygen atoms in total. The highest BCUT2D eigenvalue weighted by molar-refractivity contribution is 5.30. The molecule has 1 aromatic rings. The van der Waals surface area contributed by atoms with E-state index in [2.05, 4.69) is 30.0 Å². The lowest BCUT2D eigenvalue weighted by Gasteiger charge is -1.97. The first-order valence-corrected chi connectivity index (χ1v) is 4.58. The van der Waals surface area contributed by atoms with Crippen LogP contribution in [0.4, 0.5) is 0 Å². The van der Waals surface area contributed by atoms with Crippen LogP contribution in [-0.2, 0) is 0 Å². The summed E-state index contributed by atoms with van der Waals surface area (Å²) in [6, 6.07) is 13.0. The Bertz CT molecular complexity index is 326. The molecule has 1 heterocycles. The third-order valence-electron chi connectivity index (χ3n) is 2.56. The summed E-state index contributed by atoms with van der Waals surface area (Å²) >= 11 is 0. The first-order chi connectivity index (χ1) is 6.38. The van der Waals surface area contributed by atoms with Gasteiger partial charge >= 0.3 is 0 Å². The first kappa shape index (κ1) is 8.28. The van der Waals surface area contributed by atoms with Gasteiger partial charge in [0.2, 0.25) is 0 Å². The van der Waals surface area contributed by atoms with Gasteiger partial charge in [0.05, 0.1) is 12.1 Å². The third kappa shape index (κ3) is 1.32. The molecule has 1 aliphatic rings. The van der Waals surface area contributed by atoms with E-state index in [1.54, 1.807) is 0 Å². The zero-order valence-electron chi connectivity index (χ0n) is 7.64. The van der Waals surface area contributed by atoms with Crippen LogP contribution in [-0.4, -0.2) is 17.5 Å². The Hall–Kier alpha value is -1.33. The lowest BCUT2D eigenvalue weighted by Crippen LogP contribution is -1.97. The molecule has 1 aromatic carbocycles. The van der Waals surface area contributed by atoms with Crippen LogP contribution in [0.15, 0.2) is 30.3 Å². The van der Waals surface area contributed by atoms with Crippen molar-refractivity contribution in [2.24, 2.45) is 0 Å². The van der Waals surface area contributed by atoms with Crippen LogP contribution in [0.25, 0.3) is 0 Å². The maximum absolute atomic E-state index is 8.85. The molecule has 0 radical (unpaired) electrons. The van der Waals surface area contributed by atoms with E-state index < -0.39 is 0 Å². The Balaban J connectivity index is 2.18. The summed E-state index contributed by atoms with van der Waals surface area (Å²) in [5, 5.41) is 8.85. The van der Waals surface area contributed by atoms with E-state index in [0.717, 1.165) is 6.54 Å². The molecule has 0 saturated carbocycles. The smallest absolute Gasteiger partial charge is 0.118 e. The van der Waals surface area contributed by atoms with Crippen LogP contribution in [0.3, 0.4) is 0 Å². The molecule has 0 aliphatic carbocycles. The highest BCUT2D eigenvalue weighted by atomic mass is 15.3. The minimum absolute atomic E-state index is 0.104. The standard InChI is InChI=1S/C11H12N2/c1-2-13-10(8-12)11(13)9-6-4-3-5-7-9/h3-7,10-11H,2H2,1H3/t10-,11+,13?/m1/s1. The first-order valence-electron chi connectivity index (χ1n) is 4.58. The molecule has 1 fully saturated rings. The molecule has 0 N–H and O–H groups in total. The van der Waals surface area contributed by atoms with Gasteiger partial charge in [-0.2, -0.15) is 5.26 Å². The van der Waals surface area contributed by atoms with E-state index in [0.29, 0.717) is 6.04 Å². The Labute approximate surface area is 78.4 Å². The lowest BCUT2D eigenvalue weighted by molar-refractivity contribution is 0.529. The molecular weight excluding hydrogens is 160 g/mol. The summed E-state index contributed by atoms with van der Waals surface area (Å²) in [5.74, 6) is 0. The van der Waals surface area contributed by atoms with Crippen LogP contribution in [0.1, 0.15) is 18.5 Å². The van der Waals surface area contributed by atoms with Crippen molar-refractivity contribution < 1.29 is 0 Å². The van der Waals surface area contributed by atoms with Gasteiger partial charge in [-0.25, -0.2) is 0 Å². The largest absolute Gasteiger partial charge is 0.277 e. The topological polar surface area (TPSA) is 26.8 Å². The van der Waals surface area contributed by atoms with Crippen LogP contribution in [0, 0.1) is 11.3 Å². The van der Waals surface area contributed by atoms with Crippen molar-refractivity contribution in [2.45, 2.75) is 19.0 Å². The number of hydrogen-bond donors (Lipinski definition) is 0. The number of nitrogens with zero attached hydrogens (tertiary/aromatic N) is 2. The van der Waals surface area contributed by atoms with Gasteiger partial charge in [0.15, 0.2) is 0 Å². The number of likely N-dealkylation sites (N-methyl/N-ethyl adjacent to an activating group) is 1. The Morgan fingerprint density at radius 1 is 1.38 bits per heavy atom. The maximum atomic E-state index is 8.85. The van der Waals surface area contributed by atoms with Crippen molar-refractivity contribution >= 4 is 0 Å². The van der Waals surface area contributed by atoms with Crippen molar-refractivity contribution in [3.05, 3.63) is 35.9 Å². The average Bonchev–Trinajstić information content (AvgIpc) is 2.92. The van der Waals surface area contributed by atoms with Crippen LogP contribution in [0.2, 0.25) is 0 Å². The molecule has 2 heteroatoms. The fraction of sp³-hybridized carbons (Fsp3) is 0.364. The van der Waals surface area contributed by atoms with Crippen LogP contribution >= 0.6 is 0 Å². The Kier molecular flexibility index (Phi) is 2.03. The second kappa shape index (κ2) is 3.20. The van der Waals surface area contributed by atoms with Crippen molar-refractivity contribution in [1.29, 1.82) is 5.26 Å². The summed E-state index contributed by atoms with van der Waals surface area (Å²) in [4.78, 5) is 2.19. The molecule has 3 atom stereocenters. The number of benzene rings is 1.